The fraction of sp³-hybridized carbons (Fsp3) is 0.647. The Kier molecular flexibility index (Phi) is 4.19. The van der Waals surface area contributed by atoms with Gasteiger partial charge in [0.15, 0.2) is 0 Å². The van der Waals surface area contributed by atoms with E-state index in [1.807, 2.05) is 0 Å². The van der Waals surface area contributed by atoms with E-state index in [1.165, 1.54) is 12.1 Å². The van der Waals surface area contributed by atoms with E-state index in [2.05, 4.69) is 33.0 Å². The van der Waals surface area contributed by atoms with Crippen LogP contribution in [-0.2, 0) is 5.41 Å². The van der Waals surface area contributed by atoms with Crippen molar-refractivity contribution in [3.05, 3.63) is 35.4 Å². The van der Waals surface area contributed by atoms with Gasteiger partial charge < -0.3 is 5.32 Å². The average molecular weight is 281 g/mol. The number of rotatable bonds is 4. The number of halogens is 2. The van der Waals surface area contributed by atoms with Gasteiger partial charge in [-0.25, -0.2) is 8.78 Å². The van der Waals surface area contributed by atoms with Gasteiger partial charge in [-0.1, -0.05) is 27.7 Å². The van der Waals surface area contributed by atoms with Crippen LogP contribution in [-0.4, -0.2) is 13.1 Å². The summed E-state index contributed by atoms with van der Waals surface area (Å²) < 4.78 is 27.0. The third-order valence-corrected chi connectivity index (χ3v) is 4.69. The fourth-order valence-electron chi connectivity index (χ4n) is 3.20. The summed E-state index contributed by atoms with van der Waals surface area (Å²) in [6.07, 6.45) is 1.98. The van der Waals surface area contributed by atoms with Crippen LogP contribution in [0.15, 0.2) is 18.2 Å². The van der Waals surface area contributed by atoms with Crippen molar-refractivity contribution >= 4 is 0 Å². The third-order valence-electron chi connectivity index (χ3n) is 4.69. The molecule has 0 unspecified atom stereocenters. The number of hydrogen-bond acceptors (Lipinski definition) is 1. The van der Waals surface area contributed by atoms with Crippen molar-refractivity contribution in [3.63, 3.8) is 0 Å². The van der Waals surface area contributed by atoms with Gasteiger partial charge in [-0.2, -0.15) is 0 Å². The predicted octanol–water partition coefficient (Wildman–Crippen LogP) is 4.27. The van der Waals surface area contributed by atoms with Crippen molar-refractivity contribution in [3.8, 4) is 0 Å². The average Bonchev–Trinajstić information content (AvgIpc) is 2.24. The SMILES string of the molecule is CCNCC1(c2cc(F)cc(F)c2)CC(C(C)(C)C)C1. The number of likely N-dealkylation sites (N-methyl/N-ethyl adjacent to an activating group) is 1. The summed E-state index contributed by atoms with van der Waals surface area (Å²) in [5.41, 5.74) is 0.940. The first-order valence-electron chi connectivity index (χ1n) is 7.44. The predicted molar refractivity (Wildman–Crippen MR) is 78.8 cm³/mol. The largest absolute Gasteiger partial charge is 0.316 e. The van der Waals surface area contributed by atoms with E-state index >= 15 is 0 Å². The van der Waals surface area contributed by atoms with E-state index in [1.54, 1.807) is 0 Å². The second kappa shape index (κ2) is 5.44. The van der Waals surface area contributed by atoms with Crippen LogP contribution in [0.2, 0.25) is 0 Å². The molecule has 1 nitrogen and oxygen atoms in total. The normalized spacial score (nSPS) is 26.4. The maximum absolute atomic E-state index is 13.5. The lowest BCUT2D eigenvalue weighted by Gasteiger charge is -2.53. The Balaban J connectivity index is 2.25. The zero-order valence-electron chi connectivity index (χ0n) is 12.9. The maximum Gasteiger partial charge on any atom is 0.126 e. The molecule has 0 amide bonds. The molecule has 0 heterocycles. The molecule has 1 saturated carbocycles. The van der Waals surface area contributed by atoms with Crippen LogP contribution < -0.4 is 5.32 Å². The van der Waals surface area contributed by atoms with Crippen LogP contribution in [0, 0.1) is 23.0 Å². The molecule has 1 aliphatic rings. The molecule has 0 spiro atoms. The second-order valence-electron chi connectivity index (χ2n) is 7.19. The second-order valence-corrected chi connectivity index (χ2v) is 7.19. The molecular formula is C17H25F2N. The summed E-state index contributed by atoms with van der Waals surface area (Å²) in [6, 6.07) is 3.95. The molecule has 0 bridgehead atoms. The van der Waals surface area contributed by atoms with Gasteiger partial charge in [0.05, 0.1) is 0 Å². The lowest BCUT2D eigenvalue weighted by molar-refractivity contribution is 0.0448. The fourth-order valence-corrected chi connectivity index (χ4v) is 3.20. The van der Waals surface area contributed by atoms with Crippen molar-refractivity contribution in [1.29, 1.82) is 0 Å². The molecule has 0 saturated heterocycles. The number of nitrogens with one attached hydrogen (secondary N) is 1. The van der Waals surface area contributed by atoms with Crippen LogP contribution in [0.3, 0.4) is 0 Å². The molecular weight excluding hydrogens is 256 g/mol. The zero-order valence-corrected chi connectivity index (χ0v) is 12.9. The third kappa shape index (κ3) is 3.03. The van der Waals surface area contributed by atoms with Crippen LogP contribution in [0.4, 0.5) is 8.78 Å². The summed E-state index contributed by atoms with van der Waals surface area (Å²) >= 11 is 0. The Hall–Kier alpha value is -0.960. The summed E-state index contributed by atoms with van der Waals surface area (Å²) in [5.74, 6) is -0.349. The Morgan fingerprint density at radius 2 is 1.70 bits per heavy atom. The van der Waals surface area contributed by atoms with Crippen molar-refractivity contribution in [1.82, 2.24) is 5.32 Å². The molecule has 112 valence electrons. The van der Waals surface area contributed by atoms with Gasteiger partial charge in [-0.15, -0.1) is 0 Å². The lowest BCUT2D eigenvalue weighted by atomic mass is 9.52. The molecule has 0 atom stereocenters. The van der Waals surface area contributed by atoms with Crippen LogP contribution in [0.25, 0.3) is 0 Å². The highest BCUT2D eigenvalue weighted by Gasteiger charge is 2.49. The monoisotopic (exact) mass is 281 g/mol. The highest BCUT2D eigenvalue weighted by atomic mass is 19.1. The quantitative estimate of drug-likeness (QED) is 0.869. The Morgan fingerprint density at radius 3 is 2.15 bits per heavy atom. The van der Waals surface area contributed by atoms with Gasteiger partial charge in [0.2, 0.25) is 0 Å². The minimum atomic E-state index is -0.477. The molecule has 0 aromatic heterocycles. The van der Waals surface area contributed by atoms with Gasteiger partial charge in [-0.3, -0.25) is 0 Å². The minimum Gasteiger partial charge on any atom is -0.316 e. The van der Waals surface area contributed by atoms with Crippen LogP contribution >= 0.6 is 0 Å². The molecule has 1 fully saturated rings. The zero-order chi connectivity index (χ0) is 15.0. The summed E-state index contributed by atoms with van der Waals surface area (Å²) in [6.45, 7) is 10.4. The number of benzene rings is 1. The van der Waals surface area contributed by atoms with Gasteiger partial charge in [0.1, 0.15) is 11.6 Å². The summed E-state index contributed by atoms with van der Waals surface area (Å²) in [4.78, 5) is 0. The molecule has 1 aliphatic carbocycles. The van der Waals surface area contributed by atoms with E-state index in [-0.39, 0.29) is 10.8 Å². The van der Waals surface area contributed by atoms with Gasteiger partial charge in [-0.05, 0) is 48.4 Å². The van der Waals surface area contributed by atoms with Crippen molar-refractivity contribution in [2.24, 2.45) is 11.3 Å². The molecule has 20 heavy (non-hydrogen) atoms. The van der Waals surface area contributed by atoms with Crippen molar-refractivity contribution in [2.75, 3.05) is 13.1 Å². The molecule has 2 rings (SSSR count). The first-order chi connectivity index (χ1) is 9.27. The molecule has 0 radical (unpaired) electrons. The van der Waals surface area contributed by atoms with E-state index in [0.717, 1.165) is 37.6 Å². The van der Waals surface area contributed by atoms with E-state index in [0.29, 0.717) is 5.92 Å². The van der Waals surface area contributed by atoms with Gasteiger partial charge in [0.25, 0.3) is 0 Å². The number of hydrogen-bond donors (Lipinski definition) is 1. The summed E-state index contributed by atoms with van der Waals surface area (Å²) in [7, 11) is 0. The van der Waals surface area contributed by atoms with Crippen LogP contribution in [0.5, 0.6) is 0 Å². The Bertz CT molecular complexity index is 450. The molecule has 1 aromatic rings. The van der Waals surface area contributed by atoms with E-state index in [9.17, 15) is 8.78 Å². The van der Waals surface area contributed by atoms with Gasteiger partial charge in [0, 0.05) is 18.0 Å². The molecule has 0 aliphatic heterocycles. The first kappa shape index (κ1) is 15.4. The Morgan fingerprint density at radius 1 is 1.15 bits per heavy atom. The highest BCUT2D eigenvalue weighted by Crippen LogP contribution is 2.54. The summed E-state index contributed by atoms with van der Waals surface area (Å²) in [5, 5.41) is 3.36. The standard InChI is InChI=1S/C17H25F2N/c1-5-20-11-17(9-13(10-17)16(2,3)4)12-6-14(18)8-15(19)7-12/h6-8,13,20H,5,9-11H2,1-4H3. The lowest BCUT2D eigenvalue weighted by Crippen LogP contribution is -2.52. The first-order valence-corrected chi connectivity index (χ1v) is 7.44. The topological polar surface area (TPSA) is 12.0 Å². The van der Waals surface area contributed by atoms with Crippen molar-refractivity contribution < 1.29 is 8.78 Å². The van der Waals surface area contributed by atoms with E-state index in [4.69, 9.17) is 0 Å². The van der Waals surface area contributed by atoms with Crippen molar-refractivity contribution in [2.45, 2.75) is 46.0 Å². The van der Waals surface area contributed by atoms with E-state index < -0.39 is 11.6 Å². The minimum absolute atomic E-state index is 0.114. The Labute approximate surface area is 120 Å². The molecule has 3 heteroatoms. The smallest absolute Gasteiger partial charge is 0.126 e. The molecule has 1 N–H and O–H groups in total. The molecule has 1 aromatic carbocycles. The maximum atomic E-state index is 13.5. The van der Waals surface area contributed by atoms with Crippen LogP contribution in [0.1, 0.15) is 46.1 Å². The van der Waals surface area contributed by atoms with Gasteiger partial charge >= 0.3 is 0 Å². The highest BCUT2D eigenvalue weighted by molar-refractivity contribution is 5.31.